The first-order chi connectivity index (χ1) is 7.74. The average molecular weight is 216 g/mol. The Morgan fingerprint density at radius 2 is 1.94 bits per heavy atom. The van der Waals surface area contributed by atoms with E-state index in [-0.39, 0.29) is 0 Å². The summed E-state index contributed by atoms with van der Waals surface area (Å²) in [4.78, 5) is 11.4. The Bertz CT molecular complexity index is 428. The van der Waals surface area contributed by atoms with Crippen LogP contribution in [0.25, 0.3) is 0 Å². The topological polar surface area (TPSA) is 37.3 Å². The molecule has 2 fully saturated rings. The molecule has 2 aliphatic rings. The van der Waals surface area contributed by atoms with Crippen LogP contribution in [0.15, 0.2) is 24.3 Å². The monoisotopic (exact) mass is 216 g/mol. The molecule has 2 saturated carbocycles. The molecule has 0 unspecified atom stereocenters. The van der Waals surface area contributed by atoms with Gasteiger partial charge in [0.25, 0.3) is 0 Å². The van der Waals surface area contributed by atoms with Crippen LogP contribution in [-0.2, 0) is 10.2 Å². The van der Waals surface area contributed by atoms with E-state index in [1.54, 1.807) is 0 Å². The molecule has 0 aliphatic heterocycles. The number of carbonyl (C=O) groups is 1. The molecule has 0 amide bonds. The second-order valence-electron chi connectivity index (χ2n) is 5.10. The molecule has 1 aromatic rings. The number of hydrogen-bond donors (Lipinski definition) is 1. The third-order valence-corrected chi connectivity index (χ3v) is 4.18. The van der Waals surface area contributed by atoms with Crippen LogP contribution in [0.1, 0.15) is 49.1 Å². The van der Waals surface area contributed by atoms with Crippen molar-refractivity contribution in [2.45, 2.75) is 43.4 Å². The number of rotatable bonds is 3. The standard InChI is InChI=1S/C14H16O2/c15-13(16)14(8-9-14)12-7-2-1-6-11(12)10-4-3-5-10/h1-2,6-7,10H,3-5,8-9H2,(H,15,16). The molecule has 0 atom stereocenters. The van der Waals surface area contributed by atoms with E-state index in [1.165, 1.54) is 24.8 Å². The third kappa shape index (κ3) is 1.29. The highest BCUT2D eigenvalue weighted by molar-refractivity contribution is 5.85. The van der Waals surface area contributed by atoms with Crippen molar-refractivity contribution in [1.82, 2.24) is 0 Å². The van der Waals surface area contributed by atoms with Gasteiger partial charge in [0.05, 0.1) is 5.41 Å². The molecule has 2 aliphatic carbocycles. The van der Waals surface area contributed by atoms with Gasteiger partial charge >= 0.3 is 5.97 Å². The van der Waals surface area contributed by atoms with Crippen LogP contribution < -0.4 is 0 Å². The van der Waals surface area contributed by atoms with Crippen molar-refractivity contribution in [2.24, 2.45) is 0 Å². The normalized spacial score (nSPS) is 22.5. The maximum Gasteiger partial charge on any atom is 0.314 e. The van der Waals surface area contributed by atoms with E-state index in [1.807, 2.05) is 18.2 Å². The van der Waals surface area contributed by atoms with Crippen molar-refractivity contribution in [3.05, 3.63) is 35.4 Å². The minimum atomic E-state index is -0.640. The highest BCUT2D eigenvalue weighted by atomic mass is 16.4. The van der Waals surface area contributed by atoms with E-state index in [4.69, 9.17) is 0 Å². The van der Waals surface area contributed by atoms with Gasteiger partial charge in [-0.25, -0.2) is 0 Å². The lowest BCUT2D eigenvalue weighted by atomic mass is 9.75. The highest BCUT2D eigenvalue weighted by Crippen LogP contribution is 2.52. The first-order valence-electron chi connectivity index (χ1n) is 6.07. The summed E-state index contributed by atoms with van der Waals surface area (Å²) >= 11 is 0. The van der Waals surface area contributed by atoms with Gasteiger partial charge in [0.2, 0.25) is 0 Å². The molecular formula is C14H16O2. The zero-order chi connectivity index (χ0) is 11.2. The van der Waals surface area contributed by atoms with Gasteiger partial charge in [-0.1, -0.05) is 30.7 Å². The molecule has 0 aromatic heterocycles. The van der Waals surface area contributed by atoms with E-state index >= 15 is 0 Å². The number of hydrogen-bond acceptors (Lipinski definition) is 1. The van der Waals surface area contributed by atoms with E-state index in [9.17, 15) is 9.90 Å². The Hall–Kier alpha value is -1.31. The molecule has 1 aromatic carbocycles. The lowest BCUT2D eigenvalue weighted by Gasteiger charge is -2.29. The van der Waals surface area contributed by atoms with E-state index in [0.29, 0.717) is 5.92 Å². The Kier molecular flexibility index (Phi) is 2.06. The van der Waals surface area contributed by atoms with Gasteiger partial charge in [0.1, 0.15) is 0 Å². The summed E-state index contributed by atoms with van der Waals surface area (Å²) in [5, 5.41) is 9.35. The fraction of sp³-hybridized carbons (Fsp3) is 0.500. The van der Waals surface area contributed by atoms with E-state index in [2.05, 4.69) is 6.07 Å². The van der Waals surface area contributed by atoms with Crippen LogP contribution in [0.3, 0.4) is 0 Å². The summed E-state index contributed by atoms with van der Waals surface area (Å²) in [6.07, 6.45) is 5.37. The van der Waals surface area contributed by atoms with Crippen molar-refractivity contribution in [3.8, 4) is 0 Å². The van der Waals surface area contributed by atoms with E-state index < -0.39 is 11.4 Å². The molecule has 2 heteroatoms. The maximum absolute atomic E-state index is 11.4. The predicted octanol–water partition coefficient (Wildman–Crippen LogP) is 3.07. The van der Waals surface area contributed by atoms with Crippen molar-refractivity contribution in [3.63, 3.8) is 0 Å². The lowest BCUT2D eigenvalue weighted by molar-refractivity contribution is -0.140. The fourth-order valence-corrected chi connectivity index (χ4v) is 2.73. The van der Waals surface area contributed by atoms with Gasteiger partial charge in [-0.3, -0.25) is 4.79 Å². The van der Waals surface area contributed by atoms with Gasteiger partial charge < -0.3 is 5.11 Å². The zero-order valence-electron chi connectivity index (χ0n) is 9.28. The van der Waals surface area contributed by atoms with Crippen LogP contribution in [0.2, 0.25) is 0 Å². The molecule has 0 bridgehead atoms. The molecule has 0 radical (unpaired) electrons. The highest BCUT2D eigenvalue weighted by Gasteiger charge is 2.53. The minimum Gasteiger partial charge on any atom is -0.481 e. The largest absolute Gasteiger partial charge is 0.481 e. The second-order valence-corrected chi connectivity index (χ2v) is 5.10. The fourth-order valence-electron chi connectivity index (χ4n) is 2.73. The smallest absolute Gasteiger partial charge is 0.314 e. The van der Waals surface area contributed by atoms with Crippen LogP contribution in [0, 0.1) is 0 Å². The van der Waals surface area contributed by atoms with Gasteiger partial charge in [0, 0.05) is 0 Å². The van der Waals surface area contributed by atoms with Gasteiger partial charge in [-0.15, -0.1) is 0 Å². The first-order valence-corrected chi connectivity index (χ1v) is 6.07. The second kappa shape index (κ2) is 3.34. The maximum atomic E-state index is 11.4. The molecule has 0 heterocycles. The Labute approximate surface area is 95.3 Å². The summed E-state index contributed by atoms with van der Waals surface area (Å²) in [5.74, 6) is -0.0210. The minimum absolute atomic E-state index is 0.536. The number of aliphatic carboxylic acids is 1. The molecule has 2 nitrogen and oxygen atoms in total. The Balaban J connectivity index is 2.03. The Morgan fingerprint density at radius 1 is 1.25 bits per heavy atom. The van der Waals surface area contributed by atoms with Gasteiger partial charge in [-0.05, 0) is 42.7 Å². The van der Waals surface area contributed by atoms with Crippen molar-refractivity contribution in [2.75, 3.05) is 0 Å². The van der Waals surface area contributed by atoms with Crippen LogP contribution in [0.4, 0.5) is 0 Å². The summed E-state index contributed by atoms with van der Waals surface area (Å²) in [6, 6.07) is 8.16. The number of carboxylic acids is 1. The quantitative estimate of drug-likeness (QED) is 0.843. The summed E-state index contributed by atoms with van der Waals surface area (Å²) < 4.78 is 0. The molecule has 3 rings (SSSR count). The first kappa shape index (κ1) is 9.88. The number of benzene rings is 1. The average Bonchev–Trinajstić information content (AvgIpc) is 2.96. The summed E-state index contributed by atoms with van der Waals surface area (Å²) in [7, 11) is 0. The van der Waals surface area contributed by atoms with Crippen LogP contribution in [-0.4, -0.2) is 11.1 Å². The summed E-state index contributed by atoms with van der Waals surface area (Å²) in [6.45, 7) is 0. The zero-order valence-corrected chi connectivity index (χ0v) is 9.28. The van der Waals surface area contributed by atoms with Gasteiger partial charge in [-0.2, -0.15) is 0 Å². The van der Waals surface area contributed by atoms with Crippen molar-refractivity contribution < 1.29 is 9.90 Å². The molecule has 84 valence electrons. The van der Waals surface area contributed by atoms with Crippen LogP contribution >= 0.6 is 0 Å². The molecular weight excluding hydrogens is 200 g/mol. The Morgan fingerprint density at radius 3 is 2.44 bits per heavy atom. The lowest BCUT2D eigenvalue weighted by Crippen LogP contribution is -2.23. The van der Waals surface area contributed by atoms with Crippen molar-refractivity contribution >= 4 is 5.97 Å². The molecule has 16 heavy (non-hydrogen) atoms. The SMILES string of the molecule is O=C(O)C1(c2ccccc2C2CCC2)CC1. The third-order valence-electron chi connectivity index (χ3n) is 4.18. The van der Waals surface area contributed by atoms with E-state index in [0.717, 1.165) is 18.4 Å². The van der Waals surface area contributed by atoms with Crippen molar-refractivity contribution in [1.29, 1.82) is 0 Å². The summed E-state index contributed by atoms with van der Waals surface area (Å²) in [5.41, 5.74) is 1.85. The predicted molar refractivity (Wildman–Crippen MR) is 61.6 cm³/mol. The molecule has 0 saturated heterocycles. The molecule has 1 N–H and O–H groups in total. The molecule has 0 spiro atoms. The van der Waals surface area contributed by atoms with Crippen LogP contribution in [0.5, 0.6) is 0 Å². The number of carboxylic acid groups (broad SMARTS) is 1. The van der Waals surface area contributed by atoms with Gasteiger partial charge in [0.15, 0.2) is 0 Å².